The second kappa shape index (κ2) is 7.68. The summed E-state index contributed by atoms with van der Waals surface area (Å²) in [6, 6.07) is 11.9. The molecule has 1 fully saturated rings. The Morgan fingerprint density at radius 2 is 1.92 bits per heavy atom. The third kappa shape index (κ3) is 4.48. The van der Waals surface area contributed by atoms with Gasteiger partial charge in [0.15, 0.2) is 9.84 Å². The van der Waals surface area contributed by atoms with Gasteiger partial charge in [-0.2, -0.15) is 0 Å². The third-order valence-electron chi connectivity index (χ3n) is 4.49. The molecule has 0 bridgehead atoms. The molecule has 3 rings (SSSR count). The van der Waals surface area contributed by atoms with Crippen LogP contribution in [0, 0.1) is 5.92 Å². The van der Waals surface area contributed by atoms with E-state index in [0.29, 0.717) is 12.8 Å². The number of aliphatic hydroxyl groups excluding tert-OH is 1. The van der Waals surface area contributed by atoms with Crippen molar-refractivity contribution in [2.75, 3.05) is 5.75 Å². The van der Waals surface area contributed by atoms with Crippen LogP contribution in [-0.4, -0.2) is 31.3 Å². The molecule has 0 radical (unpaired) electrons. The van der Waals surface area contributed by atoms with E-state index in [0.717, 1.165) is 4.88 Å². The summed E-state index contributed by atoms with van der Waals surface area (Å²) in [5, 5.41) is 14.5. The van der Waals surface area contributed by atoms with Crippen LogP contribution in [0.4, 0.5) is 0 Å². The Kier molecular flexibility index (Phi) is 5.56. The number of sulfone groups is 1. The highest BCUT2D eigenvalue weighted by atomic mass is 32.2. The zero-order valence-electron chi connectivity index (χ0n) is 13.7. The Morgan fingerprint density at radius 3 is 2.52 bits per heavy atom. The minimum atomic E-state index is -3.46. The first-order valence-corrected chi connectivity index (χ1v) is 10.8. The molecule has 1 atom stereocenters. The van der Waals surface area contributed by atoms with Crippen molar-refractivity contribution in [2.45, 2.75) is 36.3 Å². The third-order valence-corrected chi connectivity index (χ3v) is 7.17. The molecule has 1 heterocycles. The molecule has 1 saturated carbocycles. The highest BCUT2D eigenvalue weighted by molar-refractivity contribution is 7.91. The molecule has 0 spiro atoms. The summed E-state index contributed by atoms with van der Waals surface area (Å²) in [4.78, 5) is 13.6. The van der Waals surface area contributed by atoms with E-state index in [9.17, 15) is 18.3 Å². The number of thiophene rings is 1. The molecule has 5 nitrogen and oxygen atoms in total. The first-order chi connectivity index (χ1) is 12.0. The Labute approximate surface area is 151 Å². The van der Waals surface area contributed by atoms with E-state index in [1.807, 2.05) is 17.5 Å². The van der Waals surface area contributed by atoms with Crippen LogP contribution >= 0.6 is 11.3 Å². The number of benzene rings is 1. The highest BCUT2D eigenvalue weighted by Crippen LogP contribution is 2.39. The van der Waals surface area contributed by atoms with E-state index in [2.05, 4.69) is 5.32 Å². The summed E-state index contributed by atoms with van der Waals surface area (Å²) < 4.78 is 24.6. The fourth-order valence-corrected chi connectivity index (χ4v) is 5.14. The van der Waals surface area contributed by atoms with Crippen LogP contribution in [-0.2, 0) is 14.6 Å². The van der Waals surface area contributed by atoms with Gasteiger partial charge >= 0.3 is 0 Å². The smallest absolute Gasteiger partial charge is 0.221 e. The second-order valence-corrected chi connectivity index (χ2v) is 9.42. The standard InChI is InChI=1S/C18H21NO4S2/c20-14-11-13(12-14)18(16-7-4-9-24-16)19-17(21)8-10-25(22,23)15-5-2-1-3-6-15/h1-7,9,13-14,18,20H,8,10-12H2,(H,19,21)/t13?,14?,18-/m1/s1. The normalized spacial score (nSPS) is 21.3. The van der Waals surface area contributed by atoms with E-state index in [1.165, 1.54) is 12.1 Å². The zero-order chi connectivity index (χ0) is 17.9. The van der Waals surface area contributed by atoms with Crippen LogP contribution in [0.1, 0.15) is 30.2 Å². The van der Waals surface area contributed by atoms with Crippen LogP contribution in [0.15, 0.2) is 52.7 Å². The number of hydrogen-bond acceptors (Lipinski definition) is 5. The van der Waals surface area contributed by atoms with Crippen molar-refractivity contribution >= 4 is 27.1 Å². The van der Waals surface area contributed by atoms with Gasteiger partial charge in [-0.25, -0.2) is 8.42 Å². The lowest BCUT2D eigenvalue weighted by Gasteiger charge is -2.37. The van der Waals surface area contributed by atoms with Gasteiger partial charge in [0.2, 0.25) is 5.91 Å². The summed E-state index contributed by atoms with van der Waals surface area (Å²) >= 11 is 1.56. The SMILES string of the molecule is O=C(CCS(=O)(=O)c1ccccc1)N[C@@H](c1cccs1)C1CC(O)C1. The molecule has 1 aliphatic carbocycles. The van der Waals surface area contributed by atoms with Crippen molar-refractivity contribution in [1.82, 2.24) is 5.32 Å². The van der Waals surface area contributed by atoms with E-state index in [1.54, 1.807) is 29.5 Å². The monoisotopic (exact) mass is 379 g/mol. The molecule has 134 valence electrons. The zero-order valence-corrected chi connectivity index (χ0v) is 15.3. The summed E-state index contributed by atoms with van der Waals surface area (Å²) in [7, 11) is -3.46. The minimum absolute atomic E-state index is 0.0750. The predicted octanol–water partition coefficient (Wildman–Crippen LogP) is 2.54. The fourth-order valence-electron chi connectivity index (χ4n) is 3.01. The van der Waals surface area contributed by atoms with Crippen LogP contribution < -0.4 is 5.32 Å². The Morgan fingerprint density at radius 1 is 1.20 bits per heavy atom. The topological polar surface area (TPSA) is 83.5 Å². The lowest BCUT2D eigenvalue weighted by atomic mass is 9.76. The summed E-state index contributed by atoms with van der Waals surface area (Å²) in [6.07, 6.45) is 0.938. The van der Waals surface area contributed by atoms with E-state index >= 15 is 0 Å². The van der Waals surface area contributed by atoms with Gasteiger partial charge < -0.3 is 10.4 Å². The maximum Gasteiger partial charge on any atom is 0.221 e. The van der Waals surface area contributed by atoms with Gasteiger partial charge in [0.05, 0.1) is 22.8 Å². The van der Waals surface area contributed by atoms with E-state index < -0.39 is 9.84 Å². The van der Waals surface area contributed by atoms with E-state index in [4.69, 9.17) is 0 Å². The maximum absolute atomic E-state index is 12.3. The van der Waals surface area contributed by atoms with Crippen molar-refractivity contribution in [2.24, 2.45) is 5.92 Å². The number of hydrogen-bond donors (Lipinski definition) is 2. The molecule has 25 heavy (non-hydrogen) atoms. The first kappa shape index (κ1) is 18.1. The fraction of sp³-hybridized carbons (Fsp3) is 0.389. The minimum Gasteiger partial charge on any atom is -0.393 e. The average molecular weight is 380 g/mol. The molecule has 2 aromatic rings. The lowest BCUT2D eigenvalue weighted by Crippen LogP contribution is -2.41. The van der Waals surface area contributed by atoms with Crippen LogP contribution in [0.3, 0.4) is 0 Å². The number of aliphatic hydroxyl groups is 1. The molecule has 1 aromatic carbocycles. The van der Waals surface area contributed by atoms with Gasteiger partial charge in [-0.1, -0.05) is 24.3 Å². The van der Waals surface area contributed by atoms with Gasteiger partial charge in [-0.05, 0) is 42.3 Å². The van der Waals surface area contributed by atoms with Gasteiger partial charge in [-0.15, -0.1) is 11.3 Å². The first-order valence-electron chi connectivity index (χ1n) is 8.24. The summed E-state index contributed by atoms with van der Waals surface area (Å²) in [6.45, 7) is 0. The Hall–Kier alpha value is -1.70. The number of amides is 1. The van der Waals surface area contributed by atoms with Gasteiger partial charge in [0.1, 0.15) is 0 Å². The van der Waals surface area contributed by atoms with Crippen LogP contribution in [0.25, 0.3) is 0 Å². The van der Waals surface area contributed by atoms with Gasteiger partial charge in [-0.3, -0.25) is 4.79 Å². The Balaban J connectivity index is 1.61. The summed E-state index contributed by atoms with van der Waals surface area (Å²) in [5.41, 5.74) is 0. The molecule has 0 saturated heterocycles. The molecule has 7 heteroatoms. The average Bonchev–Trinajstić information content (AvgIpc) is 3.11. The number of rotatable bonds is 7. The number of carbonyl (C=O) groups is 1. The van der Waals surface area contributed by atoms with Crippen LogP contribution in [0.2, 0.25) is 0 Å². The van der Waals surface area contributed by atoms with Gasteiger partial charge in [0.25, 0.3) is 0 Å². The quantitative estimate of drug-likeness (QED) is 0.774. The summed E-state index contributed by atoms with van der Waals surface area (Å²) in [5.74, 6) is -0.296. The molecular weight excluding hydrogens is 358 g/mol. The maximum atomic E-state index is 12.3. The molecule has 1 aliphatic rings. The number of nitrogens with one attached hydrogen (secondary N) is 1. The van der Waals surface area contributed by atoms with Crippen LogP contribution in [0.5, 0.6) is 0 Å². The second-order valence-electron chi connectivity index (χ2n) is 6.33. The van der Waals surface area contributed by atoms with Gasteiger partial charge in [0, 0.05) is 11.3 Å². The molecular formula is C18H21NO4S2. The Bertz CT molecular complexity index is 797. The lowest BCUT2D eigenvalue weighted by molar-refractivity contribution is -0.122. The molecule has 1 aromatic heterocycles. The highest BCUT2D eigenvalue weighted by Gasteiger charge is 2.36. The van der Waals surface area contributed by atoms with Crippen molar-refractivity contribution < 1.29 is 18.3 Å². The predicted molar refractivity (Wildman–Crippen MR) is 97.0 cm³/mol. The van der Waals surface area contributed by atoms with Crippen molar-refractivity contribution in [3.05, 3.63) is 52.7 Å². The molecule has 0 unspecified atom stereocenters. The molecule has 1 amide bonds. The molecule has 2 N–H and O–H groups in total. The van der Waals surface area contributed by atoms with Crippen molar-refractivity contribution in [1.29, 1.82) is 0 Å². The molecule has 0 aliphatic heterocycles. The van der Waals surface area contributed by atoms with Crippen molar-refractivity contribution in [3.8, 4) is 0 Å². The largest absolute Gasteiger partial charge is 0.393 e. The van der Waals surface area contributed by atoms with E-state index in [-0.39, 0.29) is 41.0 Å². The van der Waals surface area contributed by atoms with Crippen molar-refractivity contribution in [3.63, 3.8) is 0 Å². The number of carbonyl (C=O) groups excluding carboxylic acids is 1.